The standard InChI is InChI=1S/C19H20N2OS/c1-21(2)11-5-9-18(22)15-13-17(19-10-6-12-23-19)20-16-8-4-3-7-14(15)16/h3-4,6-8,10,12-13H,5,9,11H2,1-2H3. The minimum Gasteiger partial charge on any atom is -0.309 e. The number of fused-ring (bicyclic) bond motifs is 1. The number of para-hydroxylation sites is 1. The molecule has 23 heavy (non-hydrogen) atoms. The molecule has 0 N–H and O–H groups in total. The van der Waals surface area contributed by atoms with E-state index in [0.717, 1.165) is 40.0 Å². The van der Waals surface area contributed by atoms with Gasteiger partial charge in [0, 0.05) is 17.4 Å². The first-order valence-electron chi connectivity index (χ1n) is 7.77. The van der Waals surface area contributed by atoms with Gasteiger partial charge in [0.05, 0.1) is 16.1 Å². The van der Waals surface area contributed by atoms with Crippen LogP contribution in [0.1, 0.15) is 23.2 Å². The summed E-state index contributed by atoms with van der Waals surface area (Å²) in [5.74, 6) is 0.197. The Bertz CT molecular complexity index is 809. The van der Waals surface area contributed by atoms with E-state index in [0.29, 0.717) is 6.42 Å². The highest BCUT2D eigenvalue weighted by Crippen LogP contribution is 2.28. The summed E-state index contributed by atoms with van der Waals surface area (Å²) < 4.78 is 0. The molecule has 0 atom stereocenters. The van der Waals surface area contributed by atoms with Gasteiger partial charge in [-0.1, -0.05) is 24.3 Å². The van der Waals surface area contributed by atoms with Crippen LogP contribution in [0.4, 0.5) is 0 Å². The fraction of sp³-hybridized carbons (Fsp3) is 0.263. The smallest absolute Gasteiger partial charge is 0.163 e. The van der Waals surface area contributed by atoms with Crippen LogP contribution in [0.5, 0.6) is 0 Å². The molecule has 2 heterocycles. The summed E-state index contributed by atoms with van der Waals surface area (Å²) in [6.45, 7) is 0.923. The lowest BCUT2D eigenvalue weighted by Gasteiger charge is -2.10. The van der Waals surface area contributed by atoms with Gasteiger partial charge in [-0.05, 0) is 50.6 Å². The molecule has 3 aromatic rings. The van der Waals surface area contributed by atoms with Gasteiger partial charge in [-0.15, -0.1) is 11.3 Å². The van der Waals surface area contributed by atoms with Crippen molar-refractivity contribution in [2.24, 2.45) is 0 Å². The van der Waals surface area contributed by atoms with Gasteiger partial charge in [0.25, 0.3) is 0 Å². The molecule has 0 fully saturated rings. The van der Waals surface area contributed by atoms with E-state index < -0.39 is 0 Å². The molecule has 2 aromatic heterocycles. The Morgan fingerprint density at radius 1 is 1.17 bits per heavy atom. The molecule has 118 valence electrons. The van der Waals surface area contributed by atoms with E-state index in [-0.39, 0.29) is 5.78 Å². The average Bonchev–Trinajstić information content (AvgIpc) is 3.07. The minimum atomic E-state index is 0.197. The number of carbonyl (C=O) groups excluding carboxylic acids is 1. The first-order chi connectivity index (χ1) is 11.1. The van der Waals surface area contributed by atoms with Gasteiger partial charge in [0.1, 0.15) is 0 Å². The second-order valence-electron chi connectivity index (χ2n) is 5.88. The molecule has 0 aliphatic rings. The molecule has 3 nitrogen and oxygen atoms in total. The summed E-state index contributed by atoms with van der Waals surface area (Å²) in [5.41, 5.74) is 2.56. The molecule has 3 rings (SSSR count). The molecule has 0 bridgehead atoms. The summed E-state index contributed by atoms with van der Waals surface area (Å²) in [6, 6.07) is 13.9. The van der Waals surface area contributed by atoms with Crippen LogP contribution in [0.3, 0.4) is 0 Å². The molecule has 0 unspecified atom stereocenters. The summed E-state index contributed by atoms with van der Waals surface area (Å²) in [6.07, 6.45) is 1.44. The van der Waals surface area contributed by atoms with E-state index in [4.69, 9.17) is 4.98 Å². The zero-order valence-corrected chi connectivity index (χ0v) is 14.3. The third-order valence-corrected chi connectivity index (χ3v) is 4.69. The first-order valence-corrected chi connectivity index (χ1v) is 8.65. The zero-order valence-electron chi connectivity index (χ0n) is 13.5. The lowest BCUT2D eigenvalue weighted by molar-refractivity contribution is 0.0979. The Labute approximate surface area is 140 Å². The highest BCUT2D eigenvalue weighted by Gasteiger charge is 2.14. The van der Waals surface area contributed by atoms with Gasteiger partial charge in [-0.25, -0.2) is 4.98 Å². The number of rotatable bonds is 6. The number of benzene rings is 1. The van der Waals surface area contributed by atoms with Crippen molar-refractivity contribution in [3.8, 4) is 10.6 Å². The van der Waals surface area contributed by atoms with Crippen LogP contribution in [0.2, 0.25) is 0 Å². The summed E-state index contributed by atoms with van der Waals surface area (Å²) in [4.78, 5) is 20.6. The van der Waals surface area contributed by atoms with Crippen LogP contribution in [0, 0.1) is 0 Å². The van der Waals surface area contributed by atoms with Gasteiger partial charge in [0.2, 0.25) is 0 Å². The molecule has 0 aliphatic carbocycles. The second kappa shape index (κ2) is 7.02. The maximum atomic E-state index is 12.7. The molecule has 0 radical (unpaired) electrons. The Kier molecular flexibility index (Phi) is 4.84. The quantitative estimate of drug-likeness (QED) is 0.626. The van der Waals surface area contributed by atoms with Crippen molar-refractivity contribution < 1.29 is 4.79 Å². The van der Waals surface area contributed by atoms with Crippen molar-refractivity contribution in [3.63, 3.8) is 0 Å². The number of nitrogens with zero attached hydrogens (tertiary/aromatic N) is 2. The highest BCUT2D eigenvalue weighted by molar-refractivity contribution is 7.13. The first kappa shape index (κ1) is 15.8. The molecule has 0 saturated heterocycles. The summed E-state index contributed by atoms with van der Waals surface area (Å²) >= 11 is 1.65. The lowest BCUT2D eigenvalue weighted by Crippen LogP contribution is -2.14. The maximum Gasteiger partial charge on any atom is 0.163 e. The average molecular weight is 324 g/mol. The molecular weight excluding hydrogens is 304 g/mol. The van der Waals surface area contributed by atoms with E-state index in [9.17, 15) is 4.79 Å². The monoisotopic (exact) mass is 324 g/mol. The maximum absolute atomic E-state index is 12.7. The number of carbonyl (C=O) groups is 1. The van der Waals surface area contributed by atoms with E-state index in [1.165, 1.54) is 0 Å². The predicted molar refractivity (Wildman–Crippen MR) is 97.2 cm³/mol. The van der Waals surface area contributed by atoms with Crippen molar-refractivity contribution in [2.75, 3.05) is 20.6 Å². The van der Waals surface area contributed by atoms with E-state index in [1.54, 1.807) is 11.3 Å². The van der Waals surface area contributed by atoms with Crippen LogP contribution < -0.4 is 0 Å². The van der Waals surface area contributed by atoms with Gasteiger partial charge in [0.15, 0.2) is 5.78 Å². The molecule has 1 aromatic carbocycles. The van der Waals surface area contributed by atoms with Crippen molar-refractivity contribution in [1.29, 1.82) is 0 Å². The fourth-order valence-electron chi connectivity index (χ4n) is 2.65. The van der Waals surface area contributed by atoms with Crippen LogP contribution in [-0.2, 0) is 0 Å². The zero-order chi connectivity index (χ0) is 16.2. The van der Waals surface area contributed by atoms with E-state index >= 15 is 0 Å². The third kappa shape index (κ3) is 3.66. The predicted octanol–water partition coefficient (Wildman–Crippen LogP) is 4.49. The summed E-state index contributed by atoms with van der Waals surface area (Å²) in [5, 5.41) is 2.98. The molecule has 0 aliphatic heterocycles. The number of ketones is 1. The largest absolute Gasteiger partial charge is 0.309 e. The molecule has 0 saturated carbocycles. The van der Waals surface area contributed by atoms with Crippen LogP contribution in [0.15, 0.2) is 47.8 Å². The Hall–Kier alpha value is -2.04. The normalized spacial score (nSPS) is 11.3. The van der Waals surface area contributed by atoms with Crippen LogP contribution in [0.25, 0.3) is 21.5 Å². The molecule has 4 heteroatoms. The Balaban J connectivity index is 1.98. The van der Waals surface area contributed by atoms with Crippen LogP contribution in [-0.4, -0.2) is 36.3 Å². The van der Waals surface area contributed by atoms with Gasteiger partial charge < -0.3 is 4.90 Å². The second-order valence-corrected chi connectivity index (χ2v) is 6.83. The SMILES string of the molecule is CN(C)CCCC(=O)c1cc(-c2cccs2)nc2ccccc12. The van der Waals surface area contributed by atoms with Crippen molar-refractivity contribution in [2.45, 2.75) is 12.8 Å². The minimum absolute atomic E-state index is 0.197. The highest BCUT2D eigenvalue weighted by atomic mass is 32.1. The third-order valence-electron chi connectivity index (χ3n) is 3.80. The number of thiophene rings is 1. The lowest BCUT2D eigenvalue weighted by atomic mass is 10.0. The van der Waals surface area contributed by atoms with Gasteiger partial charge >= 0.3 is 0 Å². The fourth-order valence-corrected chi connectivity index (χ4v) is 3.33. The number of hydrogen-bond acceptors (Lipinski definition) is 4. The number of Topliss-reactive ketones (excluding diaryl/α,β-unsaturated/α-hetero) is 1. The van der Waals surface area contributed by atoms with Crippen molar-refractivity contribution in [3.05, 3.63) is 53.4 Å². The van der Waals surface area contributed by atoms with Gasteiger partial charge in [-0.3, -0.25) is 4.79 Å². The Morgan fingerprint density at radius 2 is 2.00 bits per heavy atom. The van der Waals surface area contributed by atoms with E-state index in [1.807, 2.05) is 61.9 Å². The molecule has 0 amide bonds. The Morgan fingerprint density at radius 3 is 2.74 bits per heavy atom. The van der Waals surface area contributed by atoms with Crippen LogP contribution >= 0.6 is 11.3 Å². The van der Waals surface area contributed by atoms with E-state index in [2.05, 4.69) is 4.90 Å². The number of pyridine rings is 1. The van der Waals surface area contributed by atoms with Crippen molar-refractivity contribution >= 4 is 28.0 Å². The molecular formula is C19H20N2OS. The number of aromatic nitrogens is 1. The summed E-state index contributed by atoms with van der Waals surface area (Å²) in [7, 11) is 4.06. The topological polar surface area (TPSA) is 33.2 Å². The van der Waals surface area contributed by atoms with Crippen molar-refractivity contribution in [1.82, 2.24) is 9.88 Å². The van der Waals surface area contributed by atoms with Gasteiger partial charge in [-0.2, -0.15) is 0 Å². The molecule has 0 spiro atoms. The number of hydrogen-bond donors (Lipinski definition) is 0.